The second-order valence-electron chi connectivity index (χ2n) is 8.02. The Morgan fingerprint density at radius 1 is 0.971 bits per heavy atom. The van der Waals surface area contributed by atoms with Crippen LogP contribution in [0.25, 0.3) is 0 Å². The van der Waals surface area contributed by atoms with Crippen LogP contribution in [0.2, 0.25) is 0 Å². The highest BCUT2D eigenvalue weighted by atomic mass is 32.2. The highest BCUT2D eigenvalue weighted by Crippen LogP contribution is 2.38. The largest absolute Gasteiger partial charge is 0.339 e. The predicted octanol–water partition coefficient (Wildman–Crippen LogP) is 3.21. The molecule has 1 aromatic heterocycles. The van der Waals surface area contributed by atoms with E-state index in [9.17, 15) is 18.0 Å². The summed E-state index contributed by atoms with van der Waals surface area (Å²) < 4.78 is 28.1. The molecular weight excluding hydrogens is 452 g/mol. The van der Waals surface area contributed by atoms with Crippen molar-refractivity contribution in [3.8, 4) is 0 Å². The smallest absolute Gasteiger partial charge is 0.251 e. The van der Waals surface area contributed by atoms with Gasteiger partial charge < -0.3 is 14.8 Å². The Balaban J connectivity index is 1.57. The molecule has 0 radical (unpaired) electrons. The van der Waals surface area contributed by atoms with Crippen molar-refractivity contribution in [3.63, 3.8) is 0 Å². The number of rotatable bonds is 8. The van der Waals surface area contributed by atoms with E-state index in [1.165, 1.54) is 28.2 Å². The minimum atomic E-state index is -3.75. The maximum absolute atomic E-state index is 12.9. The molecule has 0 bridgehead atoms. The van der Waals surface area contributed by atoms with Crippen molar-refractivity contribution in [1.29, 1.82) is 0 Å². The Labute approximate surface area is 199 Å². The van der Waals surface area contributed by atoms with Crippen LogP contribution in [0, 0.1) is 0 Å². The molecule has 0 saturated heterocycles. The van der Waals surface area contributed by atoms with Crippen LogP contribution in [0.1, 0.15) is 19.4 Å². The number of aromatic nitrogens is 1. The van der Waals surface area contributed by atoms with Crippen molar-refractivity contribution >= 4 is 33.0 Å². The topological polar surface area (TPSA) is 91.7 Å². The lowest BCUT2D eigenvalue weighted by molar-refractivity contribution is -0.116. The summed E-state index contributed by atoms with van der Waals surface area (Å²) in [7, 11) is -3.75. The summed E-state index contributed by atoms with van der Waals surface area (Å²) in [4.78, 5) is 27.4. The van der Waals surface area contributed by atoms with Gasteiger partial charge in [-0.1, -0.05) is 44.2 Å². The molecule has 1 aliphatic rings. The first-order valence-corrected chi connectivity index (χ1v) is 12.7. The van der Waals surface area contributed by atoms with Crippen LogP contribution in [0.3, 0.4) is 0 Å². The third kappa shape index (κ3) is 4.62. The Morgan fingerprint density at radius 2 is 1.65 bits per heavy atom. The lowest BCUT2D eigenvalue weighted by Gasteiger charge is -2.23. The quantitative estimate of drug-likeness (QED) is 0.535. The number of amides is 1. The lowest BCUT2D eigenvalue weighted by atomic mass is 10.2. The van der Waals surface area contributed by atoms with Gasteiger partial charge in [0.05, 0.1) is 16.3 Å². The second-order valence-corrected chi connectivity index (χ2v) is 9.95. The van der Waals surface area contributed by atoms with Crippen molar-refractivity contribution in [1.82, 2.24) is 8.87 Å². The van der Waals surface area contributed by atoms with E-state index in [2.05, 4.69) is 22.3 Å². The molecule has 1 amide bonds. The molecule has 2 heterocycles. The first-order valence-electron chi connectivity index (χ1n) is 11.3. The maximum atomic E-state index is 12.9. The van der Waals surface area contributed by atoms with Gasteiger partial charge in [-0.15, -0.1) is 0 Å². The number of fused-ring (bicyclic) bond motifs is 1. The zero-order chi connectivity index (χ0) is 24.3. The van der Waals surface area contributed by atoms with Crippen molar-refractivity contribution in [2.75, 3.05) is 29.9 Å². The number of nitrogens with zero attached hydrogens (tertiary/aromatic N) is 3. The standard InChI is InChI=1S/C25H28N4O4S/c1-3-28(4-2)34(32,33)20-13-14-25(31)27(17-20)18-24(30)26-21-10-6-8-12-23(21)29-16-15-19-9-5-7-11-22(19)29/h5-14,17H,3-4,15-16,18H2,1-2H3,(H,26,30). The van der Waals surface area contributed by atoms with Crippen LogP contribution in [-0.2, 0) is 27.8 Å². The minimum absolute atomic E-state index is 0.0160. The van der Waals surface area contributed by atoms with Gasteiger partial charge in [-0.25, -0.2) is 8.42 Å². The molecule has 1 N–H and O–H groups in total. The highest BCUT2D eigenvalue weighted by Gasteiger charge is 2.24. The lowest BCUT2D eigenvalue weighted by Crippen LogP contribution is -2.33. The molecule has 9 heteroatoms. The van der Waals surface area contributed by atoms with Crippen LogP contribution in [-0.4, -0.2) is 42.8 Å². The Morgan fingerprint density at radius 3 is 2.38 bits per heavy atom. The van der Waals surface area contributed by atoms with Crippen LogP contribution in [0.4, 0.5) is 17.1 Å². The summed E-state index contributed by atoms with van der Waals surface area (Å²) in [6.07, 6.45) is 2.15. The number of benzene rings is 2. The molecule has 4 rings (SSSR count). The highest BCUT2D eigenvalue weighted by molar-refractivity contribution is 7.89. The van der Waals surface area contributed by atoms with Gasteiger partial charge in [0.15, 0.2) is 0 Å². The van der Waals surface area contributed by atoms with E-state index in [1.807, 2.05) is 36.4 Å². The number of anilines is 3. The summed E-state index contributed by atoms with van der Waals surface area (Å²) in [6, 6.07) is 18.1. The Hall–Kier alpha value is -3.43. The van der Waals surface area contributed by atoms with Crippen LogP contribution in [0.15, 0.2) is 76.6 Å². The van der Waals surface area contributed by atoms with E-state index in [0.29, 0.717) is 18.8 Å². The maximum Gasteiger partial charge on any atom is 0.251 e. The van der Waals surface area contributed by atoms with Crippen molar-refractivity contribution in [2.45, 2.75) is 31.7 Å². The molecule has 8 nitrogen and oxygen atoms in total. The van der Waals surface area contributed by atoms with E-state index in [-0.39, 0.29) is 11.4 Å². The van der Waals surface area contributed by atoms with Gasteiger partial charge in [0.25, 0.3) is 5.56 Å². The molecule has 0 aliphatic carbocycles. The average molecular weight is 481 g/mol. The summed E-state index contributed by atoms with van der Waals surface area (Å²) >= 11 is 0. The molecule has 0 saturated carbocycles. The molecular formula is C25H28N4O4S. The number of para-hydroxylation sites is 3. The van der Waals surface area contributed by atoms with E-state index in [1.54, 1.807) is 13.8 Å². The normalized spacial score (nSPS) is 13.2. The summed E-state index contributed by atoms with van der Waals surface area (Å²) in [5.74, 6) is -0.417. The van der Waals surface area contributed by atoms with Crippen molar-refractivity contribution in [3.05, 3.63) is 82.8 Å². The van der Waals surface area contributed by atoms with E-state index >= 15 is 0 Å². The number of hydrogen-bond donors (Lipinski definition) is 1. The Kier molecular flexibility index (Phi) is 6.85. The molecule has 0 spiro atoms. The fourth-order valence-corrected chi connectivity index (χ4v) is 5.72. The van der Waals surface area contributed by atoms with Gasteiger partial charge in [-0.3, -0.25) is 9.59 Å². The third-order valence-electron chi connectivity index (χ3n) is 5.97. The average Bonchev–Trinajstić information content (AvgIpc) is 3.25. The second kappa shape index (κ2) is 9.82. The molecule has 3 aromatic rings. The fourth-order valence-electron chi connectivity index (χ4n) is 4.25. The molecule has 0 unspecified atom stereocenters. The molecule has 0 atom stereocenters. The SMILES string of the molecule is CCN(CC)S(=O)(=O)c1ccc(=O)n(CC(=O)Nc2ccccc2N2CCc3ccccc32)c1. The monoisotopic (exact) mass is 480 g/mol. The van der Waals surface area contributed by atoms with E-state index in [0.717, 1.165) is 28.9 Å². The van der Waals surface area contributed by atoms with Gasteiger partial charge in [0.1, 0.15) is 6.54 Å². The van der Waals surface area contributed by atoms with Gasteiger partial charge in [0.2, 0.25) is 15.9 Å². The van der Waals surface area contributed by atoms with Crippen LogP contribution in [0.5, 0.6) is 0 Å². The zero-order valence-corrected chi connectivity index (χ0v) is 20.1. The third-order valence-corrected chi connectivity index (χ3v) is 8.00. The number of carbonyl (C=O) groups is 1. The number of pyridine rings is 1. The van der Waals surface area contributed by atoms with Gasteiger partial charge >= 0.3 is 0 Å². The number of sulfonamides is 1. The summed E-state index contributed by atoms with van der Waals surface area (Å²) in [5.41, 5.74) is 3.40. The van der Waals surface area contributed by atoms with Gasteiger partial charge in [0, 0.05) is 37.6 Å². The Bertz CT molecular complexity index is 1360. The minimum Gasteiger partial charge on any atom is -0.339 e. The molecule has 178 valence electrons. The molecule has 1 aliphatic heterocycles. The van der Waals surface area contributed by atoms with Gasteiger partial charge in [-0.2, -0.15) is 4.31 Å². The molecule has 2 aromatic carbocycles. The van der Waals surface area contributed by atoms with Crippen molar-refractivity contribution < 1.29 is 13.2 Å². The number of carbonyl (C=O) groups excluding carboxylic acids is 1. The zero-order valence-electron chi connectivity index (χ0n) is 19.3. The predicted molar refractivity (Wildman–Crippen MR) is 133 cm³/mol. The van der Waals surface area contributed by atoms with E-state index in [4.69, 9.17) is 0 Å². The van der Waals surface area contributed by atoms with Crippen molar-refractivity contribution in [2.24, 2.45) is 0 Å². The van der Waals surface area contributed by atoms with Gasteiger partial charge in [-0.05, 0) is 36.2 Å². The number of nitrogens with one attached hydrogen (secondary N) is 1. The first kappa shape index (κ1) is 23.7. The summed E-state index contributed by atoms with van der Waals surface area (Å²) in [5, 5.41) is 2.90. The van der Waals surface area contributed by atoms with Crippen LogP contribution < -0.4 is 15.8 Å². The van der Waals surface area contributed by atoms with Crippen LogP contribution >= 0.6 is 0 Å². The fraction of sp³-hybridized carbons (Fsp3) is 0.280. The molecule has 34 heavy (non-hydrogen) atoms. The molecule has 0 fully saturated rings. The summed E-state index contributed by atoms with van der Waals surface area (Å²) in [6.45, 7) is 4.63. The first-order chi connectivity index (χ1) is 16.3. The number of hydrogen-bond acceptors (Lipinski definition) is 5. The van der Waals surface area contributed by atoms with E-state index < -0.39 is 21.5 Å².